The van der Waals surface area contributed by atoms with Crippen molar-refractivity contribution in [1.82, 2.24) is 0 Å². The molecule has 1 aromatic carbocycles. The quantitative estimate of drug-likeness (QED) is 0.799. The number of hydrogen-bond acceptors (Lipinski definition) is 4. The first-order valence-electron chi connectivity index (χ1n) is 7.93. The lowest BCUT2D eigenvalue weighted by Gasteiger charge is -2.39. The second-order valence-corrected chi connectivity index (χ2v) is 6.28. The highest BCUT2D eigenvalue weighted by Crippen LogP contribution is 2.37. The van der Waals surface area contributed by atoms with Crippen molar-refractivity contribution in [2.45, 2.75) is 52.4 Å². The fourth-order valence-corrected chi connectivity index (χ4v) is 2.73. The van der Waals surface area contributed by atoms with Gasteiger partial charge in [0.1, 0.15) is 11.5 Å². The average Bonchev–Trinajstić information content (AvgIpc) is 2.55. The first-order chi connectivity index (χ1) is 10.5. The van der Waals surface area contributed by atoms with Crippen LogP contribution >= 0.6 is 0 Å². The Morgan fingerprint density at radius 3 is 2.59 bits per heavy atom. The molecule has 122 valence electrons. The van der Waals surface area contributed by atoms with Crippen LogP contribution in [-0.2, 0) is 14.3 Å². The van der Waals surface area contributed by atoms with Crippen molar-refractivity contribution < 1.29 is 19.0 Å². The first-order valence-corrected chi connectivity index (χ1v) is 7.93. The molecule has 0 radical (unpaired) electrons. The van der Waals surface area contributed by atoms with E-state index in [2.05, 4.69) is 0 Å². The summed E-state index contributed by atoms with van der Waals surface area (Å²) in [6.45, 7) is 6.58. The van der Waals surface area contributed by atoms with Crippen molar-refractivity contribution in [1.29, 1.82) is 0 Å². The topological polar surface area (TPSA) is 44.8 Å². The van der Waals surface area contributed by atoms with E-state index in [1.54, 1.807) is 7.11 Å². The summed E-state index contributed by atoms with van der Waals surface area (Å²) in [7, 11) is 1.64. The predicted octanol–water partition coefficient (Wildman–Crippen LogP) is 3.89. The van der Waals surface area contributed by atoms with E-state index in [9.17, 15) is 4.79 Å². The molecule has 0 saturated carbocycles. The van der Waals surface area contributed by atoms with Gasteiger partial charge in [-0.25, -0.2) is 0 Å². The van der Waals surface area contributed by atoms with Crippen LogP contribution < -0.4 is 4.74 Å². The molecule has 0 N–H and O–H groups in total. The molecule has 1 heterocycles. The SMILES string of the molecule is CCCC(=O)C(C)(C)[C@@H]1CCO[C@H](c2ccc(OC)cc2)O1. The average molecular weight is 306 g/mol. The van der Waals surface area contributed by atoms with Crippen molar-refractivity contribution >= 4 is 5.78 Å². The second-order valence-electron chi connectivity index (χ2n) is 6.28. The molecule has 1 aliphatic rings. The summed E-state index contributed by atoms with van der Waals surface area (Å²) in [6, 6.07) is 7.65. The molecule has 1 saturated heterocycles. The second kappa shape index (κ2) is 7.25. The zero-order chi connectivity index (χ0) is 16.2. The monoisotopic (exact) mass is 306 g/mol. The van der Waals surface area contributed by atoms with Crippen LogP contribution in [0.3, 0.4) is 0 Å². The maximum absolute atomic E-state index is 12.4. The Bertz CT molecular complexity index is 492. The third-order valence-electron chi connectivity index (χ3n) is 4.33. The Kier molecular flexibility index (Phi) is 5.59. The number of rotatable bonds is 6. The number of hydrogen-bond donors (Lipinski definition) is 0. The Morgan fingerprint density at radius 2 is 2.00 bits per heavy atom. The van der Waals surface area contributed by atoms with E-state index in [1.807, 2.05) is 45.0 Å². The summed E-state index contributed by atoms with van der Waals surface area (Å²) >= 11 is 0. The lowest BCUT2D eigenvalue weighted by molar-refractivity contribution is -0.238. The highest BCUT2D eigenvalue weighted by Gasteiger charge is 2.40. The molecular weight excluding hydrogens is 280 g/mol. The Hall–Kier alpha value is -1.39. The van der Waals surface area contributed by atoms with E-state index in [0.717, 1.165) is 24.2 Å². The maximum atomic E-state index is 12.4. The molecule has 0 bridgehead atoms. The molecule has 1 aromatic rings. The number of carbonyl (C=O) groups excluding carboxylic acids is 1. The number of ether oxygens (including phenoxy) is 3. The third kappa shape index (κ3) is 3.68. The Morgan fingerprint density at radius 1 is 1.32 bits per heavy atom. The van der Waals surface area contributed by atoms with Crippen molar-refractivity contribution in [2.24, 2.45) is 5.41 Å². The number of methoxy groups -OCH3 is 1. The number of benzene rings is 1. The van der Waals surface area contributed by atoms with Gasteiger partial charge in [-0.1, -0.05) is 32.9 Å². The molecule has 0 aliphatic carbocycles. The molecular formula is C18H26O4. The summed E-state index contributed by atoms with van der Waals surface area (Å²) in [5.41, 5.74) is 0.467. The van der Waals surface area contributed by atoms with Gasteiger partial charge in [0, 0.05) is 17.4 Å². The lowest BCUT2D eigenvalue weighted by atomic mass is 9.78. The number of ketones is 1. The maximum Gasteiger partial charge on any atom is 0.184 e. The third-order valence-corrected chi connectivity index (χ3v) is 4.33. The standard InChI is InChI=1S/C18H26O4/c1-5-6-15(19)18(2,3)16-11-12-21-17(22-16)13-7-9-14(20-4)10-8-13/h7-10,16-17H,5-6,11-12H2,1-4H3/t16-,17-/m0/s1. The lowest BCUT2D eigenvalue weighted by Crippen LogP contribution is -2.43. The van der Waals surface area contributed by atoms with E-state index in [0.29, 0.717) is 13.0 Å². The smallest absolute Gasteiger partial charge is 0.184 e. The molecule has 0 unspecified atom stereocenters. The van der Waals surface area contributed by atoms with Gasteiger partial charge in [-0.3, -0.25) is 4.79 Å². The van der Waals surface area contributed by atoms with Crippen LogP contribution in [0.2, 0.25) is 0 Å². The summed E-state index contributed by atoms with van der Waals surface area (Å²) in [5.74, 6) is 1.06. The summed E-state index contributed by atoms with van der Waals surface area (Å²) < 4.78 is 17.0. The fourth-order valence-electron chi connectivity index (χ4n) is 2.73. The highest BCUT2D eigenvalue weighted by molar-refractivity contribution is 5.84. The van der Waals surface area contributed by atoms with Crippen LogP contribution in [0.4, 0.5) is 0 Å². The van der Waals surface area contributed by atoms with E-state index in [-0.39, 0.29) is 11.9 Å². The molecule has 2 atom stereocenters. The minimum atomic E-state index is -0.482. The van der Waals surface area contributed by atoms with Gasteiger partial charge < -0.3 is 14.2 Å². The van der Waals surface area contributed by atoms with Crippen LogP contribution in [0.1, 0.15) is 51.9 Å². The van der Waals surface area contributed by atoms with Gasteiger partial charge in [0.15, 0.2) is 6.29 Å². The fraction of sp³-hybridized carbons (Fsp3) is 0.611. The minimum absolute atomic E-state index is 0.118. The summed E-state index contributed by atoms with van der Waals surface area (Å²) in [6.07, 6.45) is 1.68. The zero-order valence-corrected chi connectivity index (χ0v) is 13.9. The van der Waals surface area contributed by atoms with Gasteiger partial charge in [-0.05, 0) is 25.0 Å². The van der Waals surface area contributed by atoms with E-state index < -0.39 is 11.7 Å². The van der Waals surface area contributed by atoms with E-state index in [1.165, 1.54) is 0 Å². The highest BCUT2D eigenvalue weighted by atomic mass is 16.7. The zero-order valence-electron chi connectivity index (χ0n) is 13.9. The van der Waals surface area contributed by atoms with Crippen molar-refractivity contribution in [3.8, 4) is 5.75 Å². The first kappa shape index (κ1) is 17.0. The number of Topliss-reactive ketones (excluding diaryl/α,β-unsaturated/α-hetero) is 1. The van der Waals surface area contributed by atoms with Crippen LogP contribution in [-0.4, -0.2) is 25.6 Å². The Balaban J connectivity index is 2.09. The molecule has 0 spiro atoms. The van der Waals surface area contributed by atoms with Crippen LogP contribution in [0.5, 0.6) is 5.75 Å². The largest absolute Gasteiger partial charge is 0.497 e. The minimum Gasteiger partial charge on any atom is -0.497 e. The van der Waals surface area contributed by atoms with Gasteiger partial charge in [0.2, 0.25) is 0 Å². The summed E-state index contributed by atoms with van der Waals surface area (Å²) in [4.78, 5) is 12.4. The van der Waals surface area contributed by atoms with Crippen molar-refractivity contribution in [3.63, 3.8) is 0 Å². The molecule has 0 amide bonds. The molecule has 4 nitrogen and oxygen atoms in total. The summed E-state index contributed by atoms with van der Waals surface area (Å²) in [5, 5.41) is 0. The molecule has 4 heteroatoms. The van der Waals surface area contributed by atoms with Crippen molar-refractivity contribution in [3.05, 3.63) is 29.8 Å². The van der Waals surface area contributed by atoms with Crippen LogP contribution in [0.15, 0.2) is 24.3 Å². The van der Waals surface area contributed by atoms with Gasteiger partial charge in [-0.2, -0.15) is 0 Å². The van der Waals surface area contributed by atoms with Gasteiger partial charge in [0.25, 0.3) is 0 Å². The van der Waals surface area contributed by atoms with Gasteiger partial charge >= 0.3 is 0 Å². The molecule has 2 rings (SSSR count). The van der Waals surface area contributed by atoms with Crippen molar-refractivity contribution in [2.75, 3.05) is 13.7 Å². The molecule has 0 aromatic heterocycles. The molecule has 1 aliphatic heterocycles. The van der Waals surface area contributed by atoms with E-state index >= 15 is 0 Å². The number of carbonyl (C=O) groups is 1. The van der Waals surface area contributed by atoms with Gasteiger partial charge in [-0.15, -0.1) is 0 Å². The van der Waals surface area contributed by atoms with Crippen LogP contribution in [0.25, 0.3) is 0 Å². The van der Waals surface area contributed by atoms with Crippen LogP contribution in [0, 0.1) is 5.41 Å². The molecule has 1 fully saturated rings. The van der Waals surface area contributed by atoms with E-state index in [4.69, 9.17) is 14.2 Å². The normalized spacial score (nSPS) is 22.4. The molecule has 22 heavy (non-hydrogen) atoms. The van der Waals surface area contributed by atoms with Gasteiger partial charge in [0.05, 0.1) is 19.8 Å². The predicted molar refractivity (Wildman–Crippen MR) is 84.9 cm³/mol. The Labute approximate surface area is 132 Å².